The molecule has 0 spiro atoms. The maximum atomic E-state index is 13.1. The molecule has 152 valence electrons. The number of aromatic nitrogens is 1. The van der Waals surface area contributed by atoms with Gasteiger partial charge in [-0.15, -0.1) is 0 Å². The summed E-state index contributed by atoms with van der Waals surface area (Å²) in [6, 6.07) is 7.08. The summed E-state index contributed by atoms with van der Waals surface area (Å²) >= 11 is 0. The minimum absolute atomic E-state index is 0.0359. The molecule has 0 bridgehead atoms. The van der Waals surface area contributed by atoms with E-state index in [4.69, 9.17) is 0 Å². The number of nitrogens with zero attached hydrogens (tertiary/aromatic N) is 1. The molecule has 0 aliphatic carbocycles. The Morgan fingerprint density at radius 1 is 1.07 bits per heavy atom. The average Bonchev–Trinajstić information content (AvgIpc) is 3.07. The Bertz CT molecular complexity index is 1200. The fourth-order valence-electron chi connectivity index (χ4n) is 3.07. The van der Waals surface area contributed by atoms with Gasteiger partial charge in [0.1, 0.15) is 0 Å². The lowest BCUT2D eigenvalue weighted by atomic mass is 10.2. The molecule has 0 amide bonds. The van der Waals surface area contributed by atoms with Crippen LogP contribution in [0.1, 0.15) is 17.7 Å². The number of hydrogen-bond donors (Lipinski definition) is 0. The highest BCUT2D eigenvalue weighted by molar-refractivity contribution is 7.91. The smallest absolute Gasteiger partial charge is 0.370 e. The molecule has 7 nitrogen and oxygen atoms in total. The van der Waals surface area contributed by atoms with Crippen molar-refractivity contribution in [3.05, 3.63) is 51.9 Å². The second-order valence-corrected chi connectivity index (χ2v) is 9.51. The number of halogens is 3. The van der Waals surface area contributed by atoms with E-state index >= 15 is 0 Å². The Hall–Kier alpha value is -2.34. The fraction of sp³-hybridized carbons (Fsp3) is 0.312. The number of pyridine rings is 1. The van der Waals surface area contributed by atoms with Crippen molar-refractivity contribution in [2.45, 2.75) is 41.6 Å². The number of rotatable bonds is 4. The van der Waals surface area contributed by atoms with Crippen molar-refractivity contribution in [2.24, 2.45) is 0 Å². The molecule has 0 saturated carbocycles. The van der Waals surface area contributed by atoms with E-state index in [1.165, 1.54) is 24.3 Å². The minimum atomic E-state index is -6.15. The van der Waals surface area contributed by atoms with Gasteiger partial charge in [0.15, 0.2) is 0 Å². The van der Waals surface area contributed by atoms with Crippen molar-refractivity contribution in [1.29, 1.82) is 0 Å². The molecular formula is C16H14F3NO6S2. The van der Waals surface area contributed by atoms with Crippen LogP contribution in [-0.2, 0) is 32.9 Å². The predicted molar refractivity (Wildman–Crippen MR) is 91.3 cm³/mol. The summed E-state index contributed by atoms with van der Waals surface area (Å²) in [6.45, 7) is 1.09. The molecule has 1 aliphatic rings. The van der Waals surface area contributed by atoms with E-state index in [0.29, 0.717) is 6.42 Å². The molecule has 28 heavy (non-hydrogen) atoms. The minimum Gasteiger partial charge on any atom is -0.370 e. The lowest BCUT2D eigenvalue weighted by Crippen LogP contribution is -2.33. The Morgan fingerprint density at radius 2 is 1.68 bits per heavy atom. The maximum absolute atomic E-state index is 13.1. The molecule has 0 radical (unpaired) electrons. The summed E-state index contributed by atoms with van der Waals surface area (Å²) in [5, 5.41) is 0. The van der Waals surface area contributed by atoms with E-state index < -0.39 is 47.2 Å². The van der Waals surface area contributed by atoms with Crippen LogP contribution >= 0.6 is 0 Å². The second-order valence-electron chi connectivity index (χ2n) is 6.09. The molecule has 3 rings (SSSR count). The normalized spacial score (nSPS) is 14.7. The third kappa shape index (κ3) is 3.20. The first-order chi connectivity index (χ1) is 12.9. The second kappa shape index (κ2) is 6.62. The van der Waals surface area contributed by atoms with E-state index in [1.807, 2.05) is 0 Å². The van der Waals surface area contributed by atoms with Gasteiger partial charge in [0.2, 0.25) is 15.6 Å². The van der Waals surface area contributed by atoms with Crippen LogP contribution in [0, 0.1) is 6.92 Å². The molecule has 0 N–H and O–H groups in total. The summed E-state index contributed by atoms with van der Waals surface area (Å²) in [4.78, 5) is 12.0. The standard InChI is InChI=1S/C16H14F3NO6S2/c1-10-13(26-28(24,25)16(17,18)19)15(21)20-9-5-8-12(20)14(10)27(22,23)11-6-3-2-4-7-11/h2-4,6-7H,5,8-9H2,1H3. The van der Waals surface area contributed by atoms with Gasteiger partial charge in [-0.3, -0.25) is 4.79 Å². The molecule has 0 unspecified atom stereocenters. The van der Waals surface area contributed by atoms with Gasteiger partial charge in [-0.1, -0.05) is 18.2 Å². The van der Waals surface area contributed by atoms with Gasteiger partial charge in [-0.25, -0.2) is 8.42 Å². The third-order valence-electron chi connectivity index (χ3n) is 4.30. The SMILES string of the molecule is Cc1c(S(=O)(=O)c2ccccc2)c2n(c(=O)c1OS(=O)(=O)C(F)(F)F)CCC2. The Kier molecular flexibility index (Phi) is 4.82. The molecule has 0 atom stereocenters. The molecular weight excluding hydrogens is 423 g/mol. The zero-order chi connectivity index (χ0) is 20.9. The van der Waals surface area contributed by atoms with Gasteiger partial charge in [0.25, 0.3) is 5.56 Å². The average molecular weight is 437 g/mol. The van der Waals surface area contributed by atoms with Crippen molar-refractivity contribution in [2.75, 3.05) is 0 Å². The molecule has 0 fully saturated rings. The highest BCUT2D eigenvalue weighted by Crippen LogP contribution is 2.35. The Balaban J connectivity index is 2.32. The van der Waals surface area contributed by atoms with Crippen molar-refractivity contribution in [3.63, 3.8) is 0 Å². The lowest BCUT2D eigenvalue weighted by Gasteiger charge is -2.18. The first-order valence-electron chi connectivity index (χ1n) is 7.95. The topological polar surface area (TPSA) is 99.5 Å². The quantitative estimate of drug-likeness (QED) is 0.537. The zero-order valence-electron chi connectivity index (χ0n) is 14.4. The van der Waals surface area contributed by atoms with Crippen LogP contribution in [0.2, 0.25) is 0 Å². The van der Waals surface area contributed by atoms with E-state index in [1.54, 1.807) is 6.07 Å². The van der Waals surface area contributed by atoms with E-state index in [0.717, 1.165) is 11.5 Å². The van der Waals surface area contributed by atoms with Crippen LogP contribution in [0.25, 0.3) is 0 Å². The van der Waals surface area contributed by atoms with Gasteiger partial charge in [0.05, 0.1) is 9.79 Å². The first kappa shape index (κ1) is 20.4. The van der Waals surface area contributed by atoms with Crippen molar-refractivity contribution < 1.29 is 34.2 Å². The fourth-order valence-corrected chi connectivity index (χ4v) is 5.35. The molecule has 12 heteroatoms. The summed E-state index contributed by atoms with van der Waals surface area (Å²) in [7, 11) is -10.4. The summed E-state index contributed by atoms with van der Waals surface area (Å²) in [5.41, 5.74) is -7.25. The van der Waals surface area contributed by atoms with Gasteiger partial charge in [-0.2, -0.15) is 21.6 Å². The molecule has 2 heterocycles. The number of benzene rings is 1. The van der Waals surface area contributed by atoms with Gasteiger partial charge >= 0.3 is 15.6 Å². The van der Waals surface area contributed by atoms with Gasteiger partial charge in [-0.05, 0) is 31.9 Å². The molecule has 1 aromatic carbocycles. The maximum Gasteiger partial charge on any atom is 0.534 e. The first-order valence-corrected chi connectivity index (χ1v) is 10.8. The highest BCUT2D eigenvalue weighted by Gasteiger charge is 2.49. The summed E-state index contributed by atoms with van der Waals surface area (Å²) in [5.74, 6) is -1.17. The van der Waals surface area contributed by atoms with Crippen LogP contribution in [-0.4, -0.2) is 26.9 Å². The molecule has 0 saturated heterocycles. The third-order valence-corrected chi connectivity index (χ3v) is 7.23. The summed E-state index contributed by atoms with van der Waals surface area (Å²) in [6.07, 6.45) is 0.575. The van der Waals surface area contributed by atoms with Crippen LogP contribution in [0.5, 0.6) is 5.75 Å². The lowest BCUT2D eigenvalue weighted by molar-refractivity contribution is -0.0500. The largest absolute Gasteiger partial charge is 0.534 e. The van der Waals surface area contributed by atoms with Crippen LogP contribution in [0.4, 0.5) is 13.2 Å². The van der Waals surface area contributed by atoms with E-state index in [2.05, 4.69) is 4.18 Å². The number of hydrogen-bond acceptors (Lipinski definition) is 6. The molecule has 1 aromatic heterocycles. The van der Waals surface area contributed by atoms with E-state index in [-0.39, 0.29) is 23.6 Å². The van der Waals surface area contributed by atoms with Crippen molar-refractivity contribution >= 4 is 20.0 Å². The summed E-state index contributed by atoms with van der Waals surface area (Å²) < 4.78 is 92.2. The van der Waals surface area contributed by atoms with Gasteiger partial charge < -0.3 is 8.75 Å². The predicted octanol–water partition coefficient (Wildman–Crippen LogP) is 2.16. The zero-order valence-corrected chi connectivity index (χ0v) is 16.0. The number of sulfone groups is 1. The van der Waals surface area contributed by atoms with Crippen LogP contribution in [0.3, 0.4) is 0 Å². The van der Waals surface area contributed by atoms with Crippen molar-refractivity contribution in [1.82, 2.24) is 4.57 Å². The van der Waals surface area contributed by atoms with Crippen LogP contribution < -0.4 is 9.74 Å². The number of alkyl halides is 3. The van der Waals surface area contributed by atoms with Crippen molar-refractivity contribution in [3.8, 4) is 5.75 Å². The molecule has 1 aliphatic heterocycles. The monoisotopic (exact) mass is 437 g/mol. The number of fused-ring (bicyclic) bond motifs is 1. The van der Waals surface area contributed by atoms with Crippen LogP contribution in [0.15, 0.2) is 44.9 Å². The van der Waals surface area contributed by atoms with E-state index in [9.17, 15) is 34.8 Å². The highest BCUT2D eigenvalue weighted by atomic mass is 32.2. The Morgan fingerprint density at radius 3 is 2.25 bits per heavy atom. The Labute approximate surface area is 158 Å². The molecule has 2 aromatic rings. The van der Waals surface area contributed by atoms with Gasteiger partial charge in [0, 0.05) is 17.8 Å².